The van der Waals surface area contributed by atoms with Crippen molar-refractivity contribution in [1.29, 1.82) is 0 Å². The fraction of sp³-hybridized carbons (Fsp3) is 0.348. The van der Waals surface area contributed by atoms with Crippen molar-refractivity contribution in [1.82, 2.24) is 0 Å². The summed E-state index contributed by atoms with van der Waals surface area (Å²) in [6, 6.07) is 13.0. The van der Waals surface area contributed by atoms with Crippen LogP contribution in [0.25, 0.3) is 0 Å². The van der Waals surface area contributed by atoms with Gasteiger partial charge in [0.15, 0.2) is 0 Å². The van der Waals surface area contributed by atoms with Crippen LogP contribution in [0.4, 0.5) is 0 Å². The summed E-state index contributed by atoms with van der Waals surface area (Å²) in [5.74, 6) is 1.48. The van der Waals surface area contributed by atoms with Gasteiger partial charge in [-0.3, -0.25) is 0 Å². The van der Waals surface area contributed by atoms with E-state index in [1.54, 1.807) is 0 Å². The Morgan fingerprint density at radius 2 is 1.56 bits per heavy atom. The molecule has 0 saturated carbocycles. The molecule has 0 aliphatic carbocycles. The molecule has 2 heteroatoms. The fourth-order valence-electron chi connectivity index (χ4n) is 2.89. The first-order valence-corrected chi connectivity index (χ1v) is 9.65. The Labute approximate surface area is 170 Å². The van der Waals surface area contributed by atoms with Crippen molar-refractivity contribution in [3.63, 3.8) is 0 Å². The molecule has 0 heterocycles. The summed E-state index contributed by atoms with van der Waals surface area (Å²) in [6.07, 6.45) is 5.84. The van der Waals surface area contributed by atoms with Gasteiger partial charge in [-0.15, -0.1) is 12.1 Å². The van der Waals surface area contributed by atoms with E-state index < -0.39 is 0 Å². The van der Waals surface area contributed by atoms with E-state index in [2.05, 4.69) is 82.5 Å². The van der Waals surface area contributed by atoms with Gasteiger partial charge >= 0.3 is 18.9 Å². The van der Waals surface area contributed by atoms with Gasteiger partial charge in [0.1, 0.15) is 0 Å². The molecule has 0 radical (unpaired) electrons. The molecule has 0 bridgehead atoms. The molecule has 0 amide bonds. The molecule has 25 heavy (non-hydrogen) atoms. The largest absolute Gasteiger partial charge is 1.00 e. The summed E-state index contributed by atoms with van der Waals surface area (Å²) in [6.45, 7) is 11.1. The molecule has 0 aromatic heterocycles. The van der Waals surface area contributed by atoms with E-state index in [9.17, 15) is 0 Å². The number of rotatable bonds is 7. The summed E-state index contributed by atoms with van der Waals surface area (Å²) in [5.41, 5.74) is 6.99. The van der Waals surface area contributed by atoms with Crippen LogP contribution in [0, 0.1) is 33.6 Å². The summed E-state index contributed by atoms with van der Waals surface area (Å²) in [4.78, 5) is 1.43. The molecule has 0 unspecified atom stereocenters. The van der Waals surface area contributed by atoms with Gasteiger partial charge in [-0.25, -0.2) is 0 Å². The molecule has 0 nitrogen and oxygen atoms in total. The van der Waals surface area contributed by atoms with E-state index in [0.29, 0.717) is 0 Å². The monoisotopic (exact) mass is 344 g/mol. The van der Waals surface area contributed by atoms with Crippen molar-refractivity contribution in [3.05, 3.63) is 81.6 Å². The minimum absolute atomic E-state index is 0. The van der Waals surface area contributed by atoms with Crippen LogP contribution in [0.3, 0.4) is 0 Å². The van der Waals surface area contributed by atoms with Crippen LogP contribution in [0.1, 0.15) is 54.0 Å². The van der Waals surface area contributed by atoms with Crippen LogP contribution < -0.4 is 18.9 Å². The van der Waals surface area contributed by atoms with Crippen molar-refractivity contribution in [2.75, 3.05) is 0 Å². The van der Waals surface area contributed by atoms with Gasteiger partial charge in [0.2, 0.25) is 0 Å². The second-order valence-corrected chi connectivity index (χ2v) is 7.53. The van der Waals surface area contributed by atoms with Crippen molar-refractivity contribution in [2.24, 2.45) is 0 Å². The number of unbranched alkanes of at least 4 members (excludes halogenated alkanes) is 1. The first-order valence-electron chi connectivity index (χ1n) is 8.77. The first-order chi connectivity index (χ1) is 11.5. The third kappa shape index (κ3) is 6.34. The van der Waals surface area contributed by atoms with Crippen molar-refractivity contribution >= 4 is 11.8 Å². The third-order valence-corrected chi connectivity index (χ3v) is 5.95. The Morgan fingerprint density at radius 3 is 2.16 bits per heavy atom. The van der Waals surface area contributed by atoms with Gasteiger partial charge in [-0.05, 0) is 61.8 Å². The zero-order chi connectivity index (χ0) is 17.5. The Kier molecular flexibility index (Phi) is 9.58. The first kappa shape index (κ1) is 22.0. The summed E-state index contributed by atoms with van der Waals surface area (Å²) in [7, 11) is 0. The van der Waals surface area contributed by atoms with Crippen molar-refractivity contribution in [3.8, 4) is 0 Å². The van der Waals surface area contributed by atoms with Gasteiger partial charge in [0, 0.05) is 4.90 Å². The van der Waals surface area contributed by atoms with E-state index in [-0.39, 0.29) is 18.9 Å². The van der Waals surface area contributed by atoms with Crippen LogP contribution in [0.2, 0.25) is 0 Å². The molecule has 0 saturated heterocycles. The molecule has 0 spiro atoms. The van der Waals surface area contributed by atoms with Crippen molar-refractivity contribution < 1.29 is 18.9 Å². The SMILES string of the molecule is Cc1cc(C)c(C)c(S/C=C/CCC[C-](C)c2ccccc2)c1C.[Li+]. The zero-order valence-electron chi connectivity index (χ0n) is 16.6. The Morgan fingerprint density at radius 1 is 0.960 bits per heavy atom. The average molecular weight is 344 g/mol. The van der Waals surface area contributed by atoms with E-state index >= 15 is 0 Å². The number of thioether (sulfide) groups is 1. The summed E-state index contributed by atoms with van der Waals surface area (Å²) < 4.78 is 0. The zero-order valence-corrected chi connectivity index (χ0v) is 17.5. The predicted octanol–water partition coefficient (Wildman–Crippen LogP) is 4.34. The number of hydrogen-bond donors (Lipinski definition) is 0. The number of aryl methyl sites for hydroxylation is 2. The van der Waals surface area contributed by atoms with E-state index in [0.717, 1.165) is 6.42 Å². The standard InChI is InChI=1S/C23H29S.Li/c1-17(22-13-9-6-10-14-22)12-8-7-11-15-24-23-20(4)18(2)16-19(3)21(23)5;/h6,9-11,13-16H,7-8,12H2,1-5H3;/q-1;+1/b15-11+;. The molecule has 2 aromatic rings. The molecule has 0 aliphatic heterocycles. The van der Waals surface area contributed by atoms with Gasteiger partial charge in [0.25, 0.3) is 0 Å². The van der Waals surface area contributed by atoms with Gasteiger partial charge in [-0.2, -0.15) is 23.6 Å². The van der Waals surface area contributed by atoms with E-state index in [1.165, 1.54) is 51.5 Å². The Balaban J connectivity index is 0.00000312. The van der Waals surface area contributed by atoms with Crippen LogP contribution in [-0.4, -0.2) is 0 Å². The van der Waals surface area contributed by atoms with Gasteiger partial charge in [0.05, 0.1) is 0 Å². The molecule has 0 atom stereocenters. The fourth-order valence-corrected chi connectivity index (χ4v) is 3.94. The number of hydrogen-bond acceptors (Lipinski definition) is 1. The van der Waals surface area contributed by atoms with Gasteiger partial charge in [-0.1, -0.05) is 49.7 Å². The molecule has 0 aliphatic rings. The predicted molar refractivity (Wildman–Crippen MR) is 109 cm³/mol. The molecule has 2 aromatic carbocycles. The number of benzene rings is 2. The molecular formula is C23H29LiS. The third-order valence-electron chi connectivity index (χ3n) is 4.77. The van der Waals surface area contributed by atoms with Gasteiger partial charge < -0.3 is 0 Å². The summed E-state index contributed by atoms with van der Waals surface area (Å²) in [5, 5.41) is 2.27. The molecule has 2 rings (SSSR count). The molecule has 0 N–H and O–H groups in total. The van der Waals surface area contributed by atoms with Crippen LogP contribution in [-0.2, 0) is 0 Å². The van der Waals surface area contributed by atoms with E-state index in [1.807, 2.05) is 11.8 Å². The maximum absolute atomic E-state index is 2.32. The minimum atomic E-state index is 0. The van der Waals surface area contributed by atoms with Crippen molar-refractivity contribution in [2.45, 2.75) is 58.8 Å². The Hall–Kier alpha value is -1.00. The van der Waals surface area contributed by atoms with Crippen LogP contribution >= 0.6 is 11.8 Å². The maximum Gasteiger partial charge on any atom is 1.00 e. The van der Waals surface area contributed by atoms with Crippen LogP contribution in [0.5, 0.6) is 0 Å². The number of allylic oxidation sites excluding steroid dienone is 1. The second-order valence-electron chi connectivity index (χ2n) is 6.62. The Bertz CT molecular complexity index is 663. The average Bonchev–Trinajstić information content (AvgIpc) is 2.59. The topological polar surface area (TPSA) is 0 Å². The maximum atomic E-state index is 2.32. The second kappa shape index (κ2) is 10.9. The molecule has 128 valence electrons. The smallest absolute Gasteiger partial charge is 0.189 e. The minimum Gasteiger partial charge on any atom is -0.189 e. The quantitative estimate of drug-likeness (QED) is 0.312. The molecule has 0 fully saturated rings. The van der Waals surface area contributed by atoms with E-state index in [4.69, 9.17) is 0 Å². The molecular weight excluding hydrogens is 315 g/mol. The normalized spacial score (nSPS) is 10.8. The van der Waals surface area contributed by atoms with Crippen LogP contribution in [0.15, 0.2) is 52.8 Å². The summed E-state index contributed by atoms with van der Waals surface area (Å²) >= 11 is 1.87.